The second kappa shape index (κ2) is 10.5. The lowest BCUT2D eigenvalue weighted by atomic mass is 9.49. The first-order chi connectivity index (χ1) is 14.1. The molecule has 4 aliphatic rings. The van der Waals surface area contributed by atoms with E-state index in [1.54, 1.807) is 7.11 Å². The summed E-state index contributed by atoms with van der Waals surface area (Å²) in [6, 6.07) is 5.60. The molecule has 4 fully saturated rings. The Kier molecular flexibility index (Phi) is 8.31. The zero-order valence-electron chi connectivity index (χ0n) is 17.8. The van der Waals surface area contributed by atoms with Crippen LogP contribution in [-0.4, -0.2) is 45.8 Å². The van der Waals surface area contributed by atoms with Crippen LogP contribution in [0.15, 0.2) is 18.2 Å². The number of benzene rings is 1. The van der Waals surface area contributed by atoms with Crippen LogP contribution in [0.2, 0.25) is 5.02 Å². The lowest BCUT2D eigenvalue weighted by Crippen LogP contribution is -2.51. The highest BCUT2D eigenvalue weighted by Gasteiger charge is 2.50. The highest BCUT2D eigenvalue weighted by atomic mass is 35.5. The second-order valence-corrected chi connectivity index (χ2v) is 9.87. The quantitative estimate of drug-likeness (QED) is 0.458. The Morgan fingerprint density at radius 2 is 1.77 bits per heavy atom. The van der Waals surface area contributed by atoms with Crippen LogP contribution < -0.4 is 16.0 Å². The second-order valence-electron chi connectivity index (χ2n) is 9.46. The van der Waals surface area contributed by atoms with Crippen molar-refractivity contribution in [1.82, 2.24) is 10.6 Å². The summed E-state index contributed by atoms with van der Waals surface area (Å²) < 4.78 is 5.02. The Bertz CT molecular complexity index is 693. The summed E-state index contributed by atoms with van der Waals surface area (Å²) in [6.07, 6.45) is 8.16. The van der Waals surface area contributed by atoms with Crippen molar-refractivity contribution in [2.75, 3.05) is 45.2 Å². The number of nitrogens with one attached hydrogen (secondary N) is 3. The Labute approximate surface area is 191 Å². The molecule has 0 unspecified atom stereocenters. The summed E-state index contributed by atoms with van der Waals surface area (Å²) in [4.78, 5) is 12.9. The molecule has 30 heavy (non-hydrogen) atoms. The summed E-state index contributed by atoms with van der Waals surface area (Å²) in [6.45, 7) is 3.94. The molecule has 0 aliphatic heterocycles. The lowest BCUT2D eigenvalue weighted by Gasteiger charge is -2.56. The predicted octanol–water partition coefficient (Wildman–Crippen LogP) is 4.36. The van der Waals surface area contributed by atoms with Crippen LogP contribution >= 0.6 is 24.0 Å². The Balaban J connectivity index is 0.00000256. The van der Waals surface area contributed by atoms with Gasteiger partial charge in [0, 0.05) is 39.0 Å². The van der Waals surface area contributed by atoms with Crippen molar-refractivity contribution < 1.29 is 9.53 Å². The Hall–Kier alpha value is -1.01. The largest absolute Gasteiger partial charge is 0.384 e. The smallest absolute Gasteiger partial charge is 0.252 e. The number of hydrogen-bond acceptors (Lipinski definition) is 4. The molecule has 5 nitrogen and oxygen atoms in total. The van der Waals surface area contributed by atoms with Crippen LogP contribution in [0, 0.1) is 23.2 Å². The van der Waals surface area contributed by atoms with Crippen molar-refractivity contribution in [2.45, 2.75) is 38.5 Å². The monoisotopic (exact) mass is 455 g/mol. The molecule has 0 atom stereocenters. The molecule has 0 aromatic heterocycles. The first-order valence-corrected chi connectivity index (χ1v) is 11.5. The summed E-state index contributed by atoms with van der Waals surface area (Å²) in [5, 5.41) is 10.4. The minimum atomic E-state index is -0.0485. The van der Waals surface area contributed by atoms with Crippen molar-refractivity contribution in [3.8, 4) is 0 Å². The van der Waals surface area contributed by atoms with Crippen molar-refractivity contribution in [2.24, 2.45) is 23.2 Å². The van der Waals surface area contributed by atoms with Crippen LogP contribution in [0.3, 0.4) is 0 Å². The van der Waals surface area contributed by atoms with Crippen molar-refractivity contribution in [3.05, 3.63) is 28.8 Å². The number of hydrogen-bond donors (Lipinski definition) is 3. The van der Waals surface area contributed by atoms with Gasteiger partial charge in [0.1, 0.15) is 0 Å². The van der Waals surface area contributed by atoms with Gasteiger partial charge < -0.3 is 20.7 Å². The average molecular weight is 456 g/mol. The van der Waals surface area contributed by atoms with E-state index in [4.69, 9.17) is 16.3 Å². The van der Waals surface area contributed by atoms with Gasteiger partial charge in [-0.1, -0.05) is 11.6 Å². The molecular formula is C23H35Cl2N3O2. The number of rotatable bonds is 10. The number of anilines is 1. The van der Waals surface area contributed by atoms with E-state index in [0.717, 1.165) is 49.6 Å². The molecular weight excluding hydrogens is 421 g/mol. The minimum absolute atomic E-state index is 0. The highest BCUT2D eigenvalue weighted by Crippen LogP contribution is 2.59. The molecule has 4 aliphatic carbocycles. The van der Waals surface area contributed by atoms with Gasteiger partial charge in [-0.3, -0.25) is 4.79 Å². The molecule has 7 heteroatoms. The Morgan fingerprint density at radius 1 is 1.10 bits per heavy atom. The molecule has 3 N–H and O–H groups in total. The van der Waals surface area contributed by atoms with Gasteiger partial charge in [-0.15, -0.1) is 12.4 Å². The van der Waals surface area contributed by atoms with Gasteiger partial charge in [-0.25, -0.2) is 0 Å². The molecule has 0 radical (unpaired) electrons. The number of methoxy groups -OCH3 is 1. The fraction of sp³-hybridized carbons (Fsp3) is 0.696. The zero-order chi connectivity index (χ0) is 20.3. The fourth-order valence-electron chi connectivity index (χ4n) is 6.27. The van der Waals surface area contributed by atoms with E-state index in [2.05, 4.69) is 16.0 Å². The average Bonchev–Trinajstić information content (AvgIpc) is 2.69. The van der Waals surface area contributed by atoms with E-state index in [1.165, 1.54) is 38.5 Å². The number of ether oxygens (including phenoxy) is 1. The Morgan fingerprint density at radius 3 is 2.40 bits per heavy atom. The normalized spacial score (nSPS) is 28.8. The van der Waals surface area contributed by atoms with Gasteiger partial charge in [0.25, 0.3) is 5.91 Å². The molecule has 1 amide bonds. The molecule has 1 aromatic carbocycles. The van der Waals surface area contributed by atoms with E-state index >= 15 is 0 Å². The van der Waals surface area contributed by atoms with Gasteiger partial charge in [0.2, 0.25) is 0 Å². The van der Waals surface area contributed by atoms with Gasteiger partial charge in [-0.05, 0) is 79.9 Å². The maximum Gasteiger partial charge on any atom is 0.252 e. The molecule has 1 aromatic rings. The SMILES string of the molecule is COCCNCCNc1ccc(Cl)c(C(=O)NCC23CC4CC(CC(C4)C2)C3)c1.Cl. The van der Waals surface area contributed by atoms with Gasteiger partial charge in [-0.2, -0.15) is 0 Å². The van der Waals surface area contributed by atoms with Crippen molar-refractivity contribution in [1.29, 1.82) is 0 Å². The van der Waals surface area contributed by atoms with Gasteiger partial charge in [0.15, 0.2) is 0 Å². The first kappa shape index (κ1) is 23.6. The third-order valence-corrected chi connectivity index (χ3v) is 7.44. The van der Waals surface area contributed by atoms with Crippen LogP contribution in [0.1, 0.15) is 48.9 Å². The van der Waals surface area contributed by atoms with Crippen molar-refractivity contribution >= 4 is 35.6 Å². The van der Waals surface area contributed by atoms with E-state index in [1.807, 2.05) is 18.2 Å². The fourth-order valence-corrected chi connectivity index (χ4v) is 6.48. The van der Waals surface area contributed by atoms with Crippen LogP contribution in [0.5, 0.6) is 0 Å². The minimum Gasteiger partial charge on any atom is -0.384 e. The summed E-state index contributed by atoms with van der Waals surface area (Å²) in [5.41, 5.74) is 1.82. The standard InChI is InChI=1S/C23H34ClN3O2.ClH/c1-29-7-6-25-4-5-26-19-2-3-21(24)20(11-19)22(28)27-15-23-12-16-8-17(13-23)10-18(9-16)14-23;/h2-3,11,16-18,25-26H,4-10,12-15H2,1H3,(H,27,28);1H. The maximum atomic E-state index is 12.9. The van der Waals surface area contributed by atoms with Crippen LogP contribution in [-0.2, 0) is 4.74 Å². The molecule has 168 valence electrons. The first-order valence-electron chi connectivity index (χ1n) is 11.1. The van der Waals surface area contributed by atoms with Gasteiger partial charge >= 0.3 is 0 Å². The van der Waals surface area contributed by atoms with Crippen molar-refractivity contribution in [3.63, 3.8) is 0 Å². The highest BCUT2D eigenvalue weighted by molar-refractivity contribution is 6.34. The molecule has 4 saturated carbocycles. The molecule has 4 bridgehead atoms. The summed E-state index contributed by atoms with van der Waals surface area (Å²) >= 11 is 6.35. The lowest BCUT2D eigenvalue weighted by molar-refractivity contribution is -0.0503. The van der Waals surface area contributed by atoms with E-state index in [9.17, 15) is 4.79 Å². The molecule has 0 saturated heterocycles. The number of carbonyl (C=O) groups excluding carboxylic acids is 1. The third-order valence-electron chi connectivity index (χ3n) is 7.11. The predicted molar refractivity (Wildman–Crippen MR) is 125 cm³/mol. The number of carbonyl (C=O) groups is 1. The van der Waals surface area contributed by atoms with Gasteiger partial charge in [0.05, 0.1) is 17.2 Å². The van der Waals surface area contributed by atoms with E-state index < -0.39 is 0 Å². The molecule has 0 heterocycles. The maximum absolute atomic E-state index is 12.9. The summed E-state index contributed by atoms with van der Waals surface area (Å²) in [7, 11) is 1.70. The zero-order valence-corrected chi connectivity index (χ0v) is 19.4. The van der Waals surface area contributed by atoms with E-state index in [-0.39, 0.29) is 18.3 Å². The van der Waals surface area contributed by atoms with Crippen LogP contribution in [0.4, 0.5) is 5.69 Å². The topological polar surface area (TPSA) is 62.4 Å². The number of amides is 1. The summed E-state index contributed by atoms with van der Waals surface area (Å²) in [5.74, 6) is 2.64. The van der Waals surface area contributed by atoms with E-state index in [0.29, 0.717) is 22.6 Å². The molecule has 5 rings (SSSR count). The van der Waals surface area contributed by atoms with Crippen LogP contribution in [0.25, 0.3) is 0 Å². The molecule has 0 spiro atoms. The third kappa shape index (κ3) is 5.61. The number of halogens is 2.